The minimum atomic E-state index is -0.413. The van der Waals surface area contributed by atoms with Gasteiger partial charge in [-0.1, -0.05) is 33.3 Å². The fourth-order valence-corrected chi connectivity index (χ4v) is 1.69. The monoisotopic (exact) mass is 310 g/mol. The second-order valence-corrected chi connectivity index (χ2v) is 5.25. The normalized spacial score (nSPS) is 12.3. The van der Waals surface area contributed by atoms with Crippen molar-refractivity contribution in [1.82, 2.24) is 15.0 Å². The Morgan fingerprint density at radius 3 is 2.61 bits per heavy atom. The van der Waals surface area contributed by atoms with Crippen molar-refractivity contribution in [2.45, 2.75) is 18.3 Å². The van der Waals surface area contributed by atoms with Crippen LogP contribution in [0.1, 0.15) is 23.0 Å². The lowest BCUT2D eigenvalue weighted by molar-refractivity contribution is -0.384. The lowest BCUT2D eigenvalue weighted by atomic mass is 10.2. The number of rotatable bonds is 4. The fraction of sp³-hybridized carbons (Fsp3) is 0.273. The van der Waals surface area contributed by atoms with E-state index in [1.165, 1.54) is 12.1 Å². The van der Waals surface area contributed by atoms with Crippen LogP contribution in [0.5, 0.6) is 0 Å². The van der Waals surface area contributed by atoms with Gasteiger partial charge >= 0.3 is 0 Å². The molecule has 7 heteroatoms. The maximum absolute atomic E-state index is 10.5. The minimum absolute atomic E-state index is 0.0899. The van der Waals surface area contributed by atoms with Gasteiger partial charge in [0, 0.05) is 18.3 Å². The first-order chi connectivity index (χ1) is 8.56. The summed E-state index contributed by atoms with van der Waals surface area (Å²) < 4.78 is 1.70. The van der Waals surface area contributed by atoms with Crippen LogP contribution in [0.25, 0.3) is 0 Å². The van der Waals surface area contributed by atoms with Crippen LogP contribution in [-0.2, 0) is 6.54 Å². The standard InChI is InChI=1S/C11H11BrN4O2/c1-8(12)11-7-15(14-13-11)6-9-2-4-10(5-3-9)16(17)18/h2-5,7-8H,6H2,1H3. The lowest BCUT2D eigenvalue weighted by Gasteiger charge is -2.00. The molecule has 1 heterocycles. The third-order valence-electron chi connectivity index (χ3n) is 2.46. The maximum atomic E-state index is 10.5. The third kappa shape index (κ3) is 2.92. The Bertz CT molecular complexity index is 550. The average Bonchev–Trinajstić information content (AvgIpc) is 2.78. The van der Waals surface area contributed by atoms with Crippen molar-refractivity contribution in [3.05, 3.63) is 51.8 Å². The SMILES string of the molecule is CC(Br)c1cn(Cc2ccc([N+](=O)[O-])cc2)nn1. The zero-order valence-electron chi connectivity index (χ0n) is 9.65. The molecule has 0 aliphatic heterocycles. The van der Waals surface area contributed by atoms with E-state index in [9.17, 15) is 10.1 Å². The second-order valence-electron chi connectivity index (χ2n) is 3.88. The molecule has 0 aliphatic rings. The average molecular weight is 311 g/mol. The summed E-state index contributed by atoms with van der Waals surface area (Å²) in [6.45, 7) is 2.52. The Hall–Kier alpha value is -1.76. The Kier molecular flexibility index (Phi) is 3.71. The highest BCUT2D eigenvalue weighted by molar-refractivity contribution is 9.09. The Morgan fingerprint density at radius 1 is 1.44 bits per heavy atom. The zero-order valence-corrected chi connectivity index (χ0v) is 11.2. The van der Waals surface area contributed by atoms with Gasteiger partial charge in [0.2, 0.25) is 0 Å². The Morgan fingerprint density at radius 2 is 2.11 bits per heavy atom. The molecule has 0 bridgehead atoms. The minimum Gasteiger partial charge on any atom is -0.258 e. The van der Waals surface area contributed by atoms with Gasteiger partial charge in [-0.3, -0.25) is 10.1 Å². The number of alkyl halides is 1. The maximum Gasteiger partial charge on any atom is 0.269 e. The molecule has 94 valence electrons. The molecular weight excluding hydrogens is 300 g/mol. The molecule has 2 rings (SSSR count). The highest BCUT2D eigenvalue weighted by atomic mass is 79.9. The summed E-state index contributed by atoms with van der Waals surface area (Å²) >= 11 is 3.42. The first-order valence-electron chi connectivity index (χ1n) is 5.33. The Labute approximate surface area is 112 Å². The quantitative estimate of drug-likeness (QED) is 0.494. The molecule has 0 saturated heterocycles. The second kappa shape index (κ2) is 5.26. The van der Waals surface area contributed by atoms with Crippen molar-refractivity contribution < 1.29 is 4.92 Å². The summed E-state index contributed by atoms with van der Waals surface area (Å²) in [7, 11) is 0. The number of nitro groups is 1. The van der Waals surface area contributed by atoms with Crippen LogP contribution < -0.4 is 0 Å². The number of non-ortho nitro benzene ring substituents is 1. The van der Waals surface area contributed by atoms with Gasteiger partial charge in [-0.05, 0) is 12.5 Å². The molecule has 18 heavy (non-hydrogen) atoms. The van der Waals surface area contributed by atoms with Crippen molar-refractivity contribution in [3.8, 4) is 0 Å². The number of aromatic nitrogens is 3. The summed E-state index contributed by atoms with van der Waals surface area (Å²) in [4.78, 5) is 10.3. The number of nitrogens with zero attached hydrogens (tertiary/aromatic N) is 4. The van der Waals surface area contributed by atoms with Gasteiger partial charge in [0.15, 0.2) is 0 Å². The van der Waals surface area contributed by atoms with Gasteiger partial charge in [-0.25, -0.2) is 4.68 Å². The smallest absolute Gasteiger partial charge is 0.258 e. The molecule has 1 aromatic carbocycles. The number of hydrogen-bond acceptors (Lipinski definition) is 4. The molecular formula is C11H11BrN4O2. The molecule has 1 aromatic heterocycles. The van der Waals surface area contributed by atoms with E-state index >= 15 is 0 Å². The molecule has 0 amide bonds. The van der Waals surface area contributed by atoms with E-state index in [2.05, 4.69) is 26.2 Å². The van der Waals surface area contributed by atoms with Crippen LogP contribution in [0.2, 0.25) is 0 Å². The largest absolute Gasteiger partial charge is 0.269 e. The number of nitro benzene ring substituents is 1. The van der Waals surface area contributed by atoms with Crippen LogP contribution in [0.4, 0.5) is 5.69 Å². The summed E-state index contributed by atoms with van der Waals surface area (Å²) in [5, 5.41) is 18.5. The van der Waals surface area contributed by atoms with Crippen molar-refractivity contribution >= 4 is 21.6 Å². The van der Waals surface area contributed by atoms with Crippen molar-refractivity contribution in [1.29, 1.82) is 0 Å². The third-order valence-corrected chi connectivity index (χ3v) is 2.92. The van der Waals surface area contributed by atoms with Gasteiger partial charge in [0.1, 0.15) is 0 Å². The van der Waals surface area contributed by atoms with Crippen molar-refractivity contribution in [2.75, 3.05) is 0 Å². The summed E-state index contributed by atoms with van der Waals surface area (Å²) in [5.41, 5.74) is 1.89. The van der Waals surface area contributed by atoms with Gasteiger partial charge in [0.05, 0.1) is 22.0 Å². The Balaban J connectivity index is 2.10. The van der Waals surface area contributed by atoms with Crippen LogP contribution in [0, 0.1) is 10.1 Å². The zero-order chi connectivity index (χ0) is 13.1. The molecule has 0 radical (unpaired) electrons. The van der Waals surface area contributed by atoms with Crippen LogP contribution >= 0.6 is 15.9 Å². The highest BCUT2D eigenvalue weighted by Crippen LogP contribution is 2.18. The highest BCUT2D eigenvalue weighted by Gasteiger charge is 2.08. The van der Waals surface area contributed by atoms with E-state index in [1.807, 2.05) is 13.1 Å². The van der Waals surface area contributed by atoms with Gasteiger partial charge in [-0.15, -0.1) is 5.10 Å². The van der Waals surface area contributed by atoms with E-state index in [0.29, 0.717) is 6.54 Å². The summed E-state index contributed by atoms with van der Waals surface area (Å²) in [6.07, 6.45) is 1.85. The fourth-order valence-electron chi connectivity index (χ4n) is 1.48. The van der Waals surface area contributed by atoms with E-state index < -0.39 is 4.92 Å². The summed E-state index contributed by atoms with van der Waals surface area (Å²) in [6, 6.07) is 6.41. The van der Waals surface area contributed by atoms with Gasteiger partial charge in [-0.2, -0.15) is 0 Å². The van der Waals surface area contributed by atoms with Crippen LogP contribution in [0.15, 0.2) is 30.5 Å². The van der Waals surface area contributed by atoms with Crippen molar-refractivity contribution in [2.24, 2.45) is 0 Å². The van der Waals surface area contributed by atoms with E-state index in [-0.39, 0.29) is 10.5 Å². The predicted molar refractivity (Wildman–Crippen MR) is 69.6 cm³/mol. The van der Waals surface area contributed by atoms with Gasteiger partial charge < -0.3 is 0 Å². The summed E-state index contributed by atoms with van der Waals surface area (Å²) in [5.74, 6) is 0. The number of halogens is 1. The van der Waals surface area contributed by atoms with E-state index in [0.717, 1.165) is 11.3 Å². The van der Waals surface area contributed by atoms with Crippen LogP contribution in [-0.4, -0.2) is 19.9 Å². The first kappa shape index (κ1) is 12.7. The van der Waals surface area contributed by atoms with E-state index in [1.54, 1.807) is 16.8 Å². The van der Waals surface area contributed by atoms with Gasteiger partial charge in [0.25, 0.3) is 5.69 Å². The topological polar surface area (TPSA) is 73.8 Å². The molecule has 2 aromatic rings. The molecule has 1 unspecified atom stereocenters. The molecule has 0 N–H and O–H groups in total. The van der Waals surface area contributed by atoms with Crippen LogP contribution in [0.3, 0.4) is 0 Å². The molecule has 6 nitrogen and oxygen atoms in total. The lowest BCUT2D eigenvalue weighted by Crippen LogP contribution is -2.00. The molecule has 0 fully saturated rings. The first-order valence-corrected chi connectivity index (χ1v) is 6.25. The predicted octanol–water partition coefficient (Wildman–Crippen LogP) is 2.69. The molecule has 0 spiro atoms. The molecule has 0 aliphatic carbocycles. The molecule has 1 atom stereocenters. The number of benzene rings is 1. The van der Waals surface area contributed by atoms with E-state index in [4.69, 9.17) is 0 Å². The van der Waals surface area contributed by atoms with Crippen molar-refractivity contribution in [3.63, 3.8) is 0 Å². The number of hydrogen-bond donors (Lipinski definition) is 0. The molecule has 0 saturated carbocycles.